The minimum atomic E-state index is -1.11. The minimum absolute atomic E-state index is 0.160. The molecule has 0 unspecified atom stereocenters. The first-order valence-electron chi connectivity index (χ1n) is 2.23. The predicted octanol–water partition coefficient (Wildman–Crippen LogP) is -1.03. The Hall–Kier alpha value is -1.10. The zero-order chi connectivity index (χ0) is 6.85. The summed E-state index contributed by atoms with van der Waals surface area (Å²) in [6.45, 7) is 0.160. The Bertz CT molecular complexity index is 142. The van der Waals surface area contributed by atoms with E-state index in [-0.39, 0.29) is 6.47 Å². The van der Waals surface area contributed by atoms with Gasteiger partial charge in [0.05, 0.1) is 0 Å². The summed E-state index contributed by atoms with van der Waals surface area (Å²) in [5.74, 6) is -1.11. The molecule has 0 radical (unpaired) electrons. The van der Waals surface area contributed by atoms with Gasteiger partial charge >= 0.3 is 5.97 Å². The molecule has 0 bridgehead atoms. The summed E-state index contributed by atoms with van der Waals surface area (Å²) in [7, 11) is 0. The Labute approximate surface area is 50.2 Å². The minimum Gasteiger partial charge on any atom is -0.479 e. The highest BCUT2D eigenvalue weighted by molar-refractivity contribution is 5.75. The highest BCUT2D eigenvalue weighted by atomic mass is 16.8. The van der Waals surface area contributed by atoms with E-state index in [2.05, 4.69) is 9.47 Å². The van der Waals surface area contributed by atoms with Gasteiger partial charge in [-0.3, -0.25) is 4.79 Å². The molecule has 1 saturated heterocycles. The third kappa shape index (κ3) is 1.17. The zero-order valence-corrected chi connectivity index (χ0v) is 4.31. The molecule has 0 saturated carbocycles. The molecule has 5 nitrogen and oxygen atoms in total. The average molecular weight is 132 g/mol. The van der Waals surface area contributed by atoms with E-state index in [0.29, 0.717) is 0 Å². The number of epoxide rings is 1. The van der Waals surface area contributed by atoms with E-state index in [0.717, 1.165) is 0 Å². The highest BCUT2D eigenvalue weighted by Gasteiger charge is 2.47. The lowest BCUT2D eigenvalue weighted by atomic mass is 10.5. The fraction of sp³-hybridized carbons (Fsp3) is 0.500. The topological polar surface area (TPSA) is 76.1 Å². The quantitative estimate of drug-likeness (QED) is 0.392. The molecule has 0 aliphatic carbocycles. The maximum atomic E-state index is 9.93. The molecule has 0 aromatic rings. The summed E-state index contributed by atoms with van der Waals surface area (Å²) < 4.78 is 8.51. The molecule has 0 aromatic heterocycles. The maximum absolute atomic E-state index is 9.93. The van der Waals surface area contributed by atoms with E-state index in [1.54, 1.807) is 0 Å². The fourth-order valence-electron chi connectivity index (χ4n) is 0.432. The van der Waals surface area contributed by atoms with Gasteiger partial charge in [-0.1, -0.05) is 0 Å². The van der Waals surface area contributed by atoms with Crippen LogP contribution in [-0.2, 0) is 19.1 Å². The first-order chi connectivity index (χ1) is 4.25. The molecule has 5 heteroatoms. The summed E-state index contributed by atoms with van der Waals surface area (Å²) in [5, 5.41) is 8.13. The summed E-state index contributed by atoms with van der Waals surface area (Å²) >= 11 is 0. The monoisotopic (exact) mass is 132 g/mol. The van der Waals surface area contributed by atoms with Crippen LogP contribution in [0.1, 0.15) is 0 Å². The number of ether oxygens (including phenoxy) is 2. The molecular formula is C4H4O5. The molecule has 50 valence electrons. The molecule has 1 heterocycles. The van der Waals surface area contributed by atoms with Crippen LogP contribution < -0.4 is 0 Å². The van der Waals surface area contributed by atoms with Crippen molar-refractivity contribution in [2.45, 2.75) is 12.4 Å². The Morgan fingerprint density at radius 3 is 2.78 bits per heavy atom. The highest BCUT2D eigenvalue weighted by Crippen LogP contribution is 2.21. The van der Waals surface area contributed by atoms with Gasteiger partial charge in [0.25, 0.3) is 6.47 Å². The van der Waals surface area contributed by atoms with E-state index < -0.39 is 18.4 Å². The third-order valence-electron chi connectivity index (χ3n) is 0.884. The molecule has 9 heavy (non-hydrogen) atoms. The Balaban J connectivity index is 2.24. The van der Waals surface area contributed by atoms with E-state index in [1.807, 2.05) is 0 Å². The normalized spacial score (nSPS) is 31.1. The molecule has 1 rings (SSSR count). The Morgan fingerprint density at radius 1 is 1.78 bits per heavy atom. The molecule has 1 aliphatic heterocycles. The second kappa shape index (κ2) is 2.02. The van der Waals surface area contributed by atoms with Crippen molar-refractivity contribution in [3.05, 3.63) is 0 Å². The van der Waals surface area contributed by atoms with Gasteiger partial charge in [-0.05, 0) is 0 Å². The van der Waals surface area contributed by atoms with Gasteiger partial charge in [0.1, 0.15) is 0 Å². The van der Waals surface area contributed by atoms with Crippen LogP contribution in [0.4, 0.5) is 0 Å². The molecule has 1 fully saturated rings. The standard InChI is InChI=1S/C4H4O5/c5-1-8-4-2(9-4)3(6)7/h1-2,4H,(H,6,7)/t2-,4+/m1/s1. The van der Waals surface area contributed by atoms with Crippen LogP contribution in [-0.4, -0.2) is 29.9 Å². The van der Waals surface area contributed by atoms with Gasteiger partial charge in [-0.25, -0.2) is 4.79 Å². The number of carboxylic acid groups (broad SMARTS) is 1. The average Bonchev–Trinajstić information content (AvgIpc) is 2.47. The van der Waals surface area contributed by atoms with Gasteiger partial charge in [0, 0.05) is 0 Å². The van der Waals surface area contributed by atoms with Gasteiger partial charge in [-0.15, -0.1) is 0 Å². The lowest BCUT2D eigenvalue weighted by Gasteiger charge is -1.83. The van der Waals surface area contributed by atoms with Crippen LogP contribution in [0.5, 0.6) is 0 Å². The number of carboxylic acids is 1. The van der Waals surface area contributed by atoms with Crippen LogP contribution in [0.15, 0.2) is 0 Å². The number of carbonyl (C=O) groups is 2. The summed E-state index contributed by atoms with van der Waals surface area (Å²) in [6.07, 6.45) is -1.81. The van der Waals surface area contributed by atoms with Crippen molar-refractivity contribution in [3.8, 4) is 0 Å². The first kappa shape index (κ1) is 6.03. The van der Waals surface area contributed by atoms with Crippen molar-refractivity contribution in [2.24, 2.45) is 0 Å². The number of carbonyl (C=O) groups excluding carboxylic acids is 1. The van der Waals surface area contributed by atoms with Crippen LogP contribution >= 0.6 is 0 Å². The van der Waals surface area contributed by atoms with Crippen LogP contribution in [0, 0.1) is 0 Å². The van der Waals surface area contributed by atoms with Crippen molar-refractivity contribution >= 4 is 12.4 Å². The lowest BCUT2D eigenvalue weighted by molar-refractivity contribution is -0.138. The first-order valence-corrected chi connectivity index (χ1v) is 2.23. The molecule has 0 spiro atoms. The lowest BCUT2D eigenvalue weighted by Crippen LogP contribution is -2.09. The second-order valence-electron chi connectivity index (χ2n) is 1.50. The zero-order valence-electron chi connectivity index (χ0n) is 4.31. The SMILES string of the molecule is O=CO[C@H]1O[C@@H]1C(=O)O. The van der Waals surface area contributed by atoms with E-state index >= 15 is 0 Å². The fourth-order valence-corrected chi connectivity index (χ4v) is 0.432. The third-order valence-corrected chi connectivity index (χ3v) is 0.884. The molecule has 2 atom stereocenters. The van der Waals surface area contributed by atoms with Crippen LogP contribution in [0.2, 0.25) is 0 Å². The van der Waals surface area contributed by atoms with E-state index in [1.165, 1.54) is 0 Å². The van der Waals surface area contributed by atoms with Crippen LogP contribution in [0.3, 0.4) is 0 Å². The molecule has 1 N–H and O–H groups in total. The largest absolute Gasteiger partial charge is 0.479 e. The van der Waals surface area contributed by atoms with Gasteiger partial charge in [0.15, 0.2) is 0 Å². The number of aliphatic carboxylic acids is 1. The summed E-state index contributed by atoms with van der Waals surface area (Å²) in [6, 6.07) is 0. The van der Waals surface area contributed by atoms with Gasteiger partial charge in [-0.2, -0.15) is 0 Å². The molecule has 0 aromatic carbocycles. The molecule has 1 aliphatic rings. The van der Waals surface area contributed by atoms with E-state index in [4.69, 9.17) is 5.11 Å². The van der Waals surface area contributed by atoms with Crippen molar-refractivity contribution in [3.63, 3.8) is 0 Å². The summed E-state index contributed by atoms with van der Waals surface area (Å²) in [5.41, 5.74) is 0. The summed E-state index contributed by atoms with van der Waals surface area (Å²) in [4.78, 5) is 19.5. The van der Waals surface area contributed by atoms with Gasteiger partial charge in [0.2, 0.25) is 12.4 Å². The number of hydrogen-bond acceptors (Lipinski definition) is 4. The Kier molecular flexibility index (Phi) is 1.35. The predicted molar refractivity (Wildman–Crippen MR) is 23.4 cm³/mol. The van der Waals surface area contributed by atoms with Crippen molar-refractivity contribution < 1.29 is 24.2 Å². The second-order valence-corrected chi connectivity index (χ2v) is 1.50. The van der Waals surface area contributed by atoms with Crippen LogP contribution in [0.25, 0.3) is 0 Å². The van der Waals surface area contributed by atoms with E-state index in [9.17, 15) is 9.59 Å². The van der Waals surface area contributed by atoms with Crippen molar-refractivity contribution in [1.29, 1.82) is 0 Å². The smallest absolute Gasteiger partial charge is 0.339 e. The molecule has 0 amide bonds. The van der Waals surface area contributed by atoms with Crippen molar-refractivity contribution in [1.82, 2.24) is 0 Å². The molecular weight excluding hydrogens is 128 g/mol. The Morgan fingerprint density at radius 2 is 2.44 bits per heavy atom. The van der Waals surface area contributed by atoms with Gasteiger partial charge < -0.3 is 14.6 Å². The number of hydrogen-bond donors (Lipinski definition) is 1. The van der Waals surface area contributed by atoms with Crippen molar-refractivity contribution in [2.75, 3.05) is 0 Å². The maximum Gasteiger partial charge on any atom is 0.339 e. The number of rotatable bonds is 3.